The van der Waals surface area contributed by atoms with Gasteiger partial charge in [-0.05, 0) is 20.8 Å². The van der Waals surface area contributed by atoms with Gasteiger partial charge < -0.3 is 10.6 Å². The van der Waals surface area contributed by atoms with Gasteiger partial charge in [0.15, 0.2) is 5.96 Å². The van der Waals surface area contributed by atoms with Gasteiger partial charge >= 0.3 is 0 Å². The van der Waals surface area contributed by atoms with E-state index in [0.29, 0.717) is 0 Å². The van der Waals surface area contributed by atoms with Gasteiger partial charge in [0.2, 0.25) is 0 Å². The highest BCUT2D eigenvalue weighted by molar-refractivity contribution is 14.0. The molecule has 126 valence electrons. The predicted octanol–water partition coefficient (Wildman–Crippen LogP) is 3.39. The van der Waals surface area contributed by atoms with Gasteiger partial charge in [-0.25, -0.2) is 4.98 Å². The Balaban J connectivity index is 0.00000441. The molecule has 0 saturated heterocycles. The topological polar surface area (TPSA) is 49.3 Å². The third-order valence-corrected chi connectivity index (χ3v) is 4.86. The van der Waals surface area contributed by atoms with E-state index in [4.69, 9.17) is 0 Å². The van der Waals surface area contributed by atoms with Gasteiger partial charge in [0.05, 0.1) is 17.2 Å². The number of aryl methyl sites for hydroxylation is 2. The Hall–Kier alpha value is -0.280. The van der Waals surface area contributed by atoms with E-state index in [2.05, 4.69) is 48.0 Å². The summed E-state index contributed by atoms with van der Waals surface area (Å²) in [4.78, 5) is 10.4. The Bertz CT molecular complexity index is 441. The number of hydrogen-bond acceptors (Lipinski definition) is 4. The van der Waals surface area contributed by atoms with E-state index >= 15 is 0 Å². The fourth-order valence-electron chi connectivity index (χ4n) is 1.66. The van der Waals surface area contributed by atoms with E-state index in [1.165, 1.54) is 9.88 Å². The lowest BCUT2D eigenvalue weighted by molar-refractivity contribution is 0.799. The van der Waals surface area contributed by atoms with Crippen molar-refractivity contribution in [2.75, 3.05) is 31.1 Å². The monoisotopic (exact) mass is 454 g/mol. The Morgan fingerprint density at radius 2 is 2.18 bits per heavy atom. The summed E-state index contributed by atoms with van der Waals surface area (Å²) in [5.74, 6) is 2.90. The lowest BCUT2D eigenvalue weighted by Crippen LogP contribution is -2.38. The van der Waals surface area contributed by atoms with Crippen LogP contribution in [0.15, 0.2) is 17.6 Å². The molecule has 1 rings (SSSR count). The molecule has 0 aromatic carbocycles. The summed E-state index contributed by atoms with van der Waals surface area (Å²) in [5.41, 5.74) is 1.15. The van der Waals surface area contributed by atoms with Gasteiger partial charge in [-0.1, -0.05) is 6.08 Å². The number of guanidine groups is 1. The minimum Gasteiger partial charge on any atom is -0.357 e. The van der Waals surface area contributed by atoms with Crippen LogP contribution in [0.5, 0.6) is 0 Å². The molecule has 0 aliphatic rings. The van der Waals surface area contributed by atoms with Crippen LogP contribution in [-0.4, -0.2) is 42.1 Å². The first kappa shape index (κ1) is 21.7. The molecular formula is C15H27IN4S2. The number of nitrogens with zero attached hydrogens (tertiary/aromatic N) is 2. The van der Waals surface area contributed by atoms with Crippen molar-refractivity contribution in [1.29, 1.82) is 0 Å². The van der Waals surface area contributed by atoms with Crippen molar-refractivity contribution < 1.29 is 0 Å². The number of thioether (sulfide) groups is 1. The summed E-state index contributed by atoms with van der Waals surface area (Å²) in [7, 11) is 0. The molecule has 0 spiro atoms. The van der Waals surface area contributed by atoms with Gasteiger partial charge in [-0.15, -0.1) is 41.9 Å². The van der Waals surface area contributed by atoms with Gasteiger partial charge in [-0.3, -0.25) is 4.99 Å². The highest BCUT2D eigenvalue weighted by Gasteiger charge is 2.03. The zero-order valence-corrected chi connectivity index (χ0v) is 17.6. The second-order valence-corrected chi connectivity index (χ2v) is 6.99. The minimum absolute atomic E-state index is 0. The van der Waals surface area contributed by atoms with E-state index in [-0.39, 0.29) is 24.0 Å². The summed E-state index contributed by atoms with van der Waals surface area (Å²) in [5, 5.41) is 7.82. The van der Waals surface area contributed by atoms with Crippen LogP contribution in [0.3, 0.4) is 0 Å². The third-order valence-electron chi connectivity index (χ3n) is 2.79. The van der Waals surface area contributed by atoms with Crippen LogP contribution >= 0.6 is 47.1 Å². The van der Waals surface area contributed by atoms with Crippen molar-refractivity contribution in [3.63, 3.8) is 0 Å². The smallest absolute Gasteiger partial charge is 0.191 e. The van der Waals surface area contributed by atoms with Crippen LogP contribution in [0.2, 0.25) is 0 Å². The molecule has 22 heavy (non-hydrogen) atoms. The standard InChI is InChI=1S/C15H26N4S2.HI/c1-5-10-20-11-9-18-15(16-6-2)17-8-7-14-19-12(3)13(4)21-14;/h5H,1,6-11H2,2-4H3,(H2,16,17,18);1H. The fraction of sp³-hybridized carbons (Fsp3) is 0.600. The van der Waals surface area contributed by atoms with E-state index in [1.54, 1.807) is 11.3 Å². The number of rotatable bonds is 9. The molecule has 0 radical (unpaired) electrons. The van der Waals surface area contributed by atoms with E-state index in [0.717, 1.165) is 49.2 Å². The van der Waals surface area contributed by atoms with Crippen LogP contribution in [0.25, 0.3) is 0 Å². The summed E-state index contributed by atoms with van der Waals surface area (Å²) < 4.78 is 0. The average Bonchev–Trinajstić information content (AvgIpc) is 2.77. The van der Waals surface area contributed by atoms with Crippen LogP contribution in [0, 0.1) is 13.8 Å². The highest BCUT2D eigenvalue weighted by Crippen LogP contribution is 2.16. The van der Waals surface area contributed by atoms with Crippen LogP contribution in [-0.2, 0) is 6.42 Å². The molecule has 2 N–H and O–H groups in total. The zero-order valence-electron chi connectivity index (χ0n) is 13.6. The van der Waals surface area contributed by atoms with Gasteiger partial charge in [0, 0.05) is 35.9 Å². The summed E-state index contributed by atoms with van der Waals surface area (Å²) >= 11 is 3.63. The lowest BCUT2D eigenvalue weighted by atomic mass is 10.4. The summed E-state index contributed by atoms with van der Waals surface area (Å²) in [6.07, 6.45) is 2.87. The molecule has 0 aliphatic carbocycles. The fourth-order valence-corrected chi connectivity index (χ4v) is 3.15. The number of halogens is 1. The molecule has 7 heteroatoms. The molecule has 0 unspecified atom stereocenters. The van der Waals surface area contributed by atoms with Crippen molar-refractivity contribution in [3.8, 4) is 0 Å². The molecule has 4 nitrogen and oxygen atoms in total. The van der Waals surface area contributed by atoms with Crippen LogP contribution < -0.4 is 10.6 Å². The minimum atomic E-state index is 0. The SMILES string of the molecule is C=CCSCCN=C(NCC)NCCc1nc(C)c(C)s1.I. The van der Waals surface area contributed by atoms with Crippen molar-refractivity contribution in [2.24, 2.45) is 4.99 Å². The third kappa shape index (κ3) is 8.99. The number of hydrogen-bond donors (Lipinski definition) is 2. The lowest BCUT2D eigenvalue weighted by Gasteiger charge is -2.10. The van der Waals surface area contributed by atoms with E-state index in [1.807, 2.05) is 17.8 Å². The number of aromatic nitrogens is 1. The molecule has 0 saturated carbocycles. The van der Waals surface area contributed by atoms with E-state index < -0.39 is 0 Å². The van der Waals surface area contributed by atoms with Crippen LogP contribution in [0.4, 0.5) is 0 Å². The molecule has 1 aromatic heterocycles. The van der Waals surface area contributed by atoms with Crippen molar-refractivity contribution in [1.82, 2.24) is 15.6 Å². The second kappa shape index (κ2) is 13.2. The Morgan fingerprint density at radius 1 is 1.41 bits per heavy atom. The molecule has 0 fully saturated rings. The maximum Gasteiger partial charge on any atom is 0.191 e. The van der Waals surface area contributed by atoms with Crippen molar-refractivity contribution in [3.05, 3.63) is 28.2 Å². The van der Waals surface area contributed by atoms with Gasteiger partial charge in [0.1, 0.15) is 0 Å². The number of thiazole rings is 1. The summed E-state index contributed by atoms with van der Waals surface area (Å²) in [6.45, 7) is 12.5. The highest BCUT2D eigenvalue weighted by atomic mass is 127. The molecule has 0 amide bonds. The van der Waals surface area contributed by atoms with Gasteiger partial charge in [-0.2, -0.15) is 11.8 Å². The van der Waals surface area contributed by atoms with Gasteiger partial charge in [0.25, 0.3) is 0 Å². The van der Waals surface area contributed by atoms with Crippen LogP contribution in [0.1, 0.15) is 22.5 Å². The van der Waals surface area contributed by atoms with E-state index in [9.17, 15) is 0 Å². The second-order valence-electron chi connectivity index (χ2n) is 4.55. The quantitative estimate of drug-likeness (QED) is 0.198. The Morgan fingerprint density at radius 3 is 2.77 bits per heavy atom. The first-order valence-corrected chi connectivity index (χ1v) is 9.28. The number of nitrogens with one attached hydrogen (secondary N) is 2. The molecule has 1 heterocycles. The first-order chi connectivity index (χ1) is 10.2. The molecule has 0 aliphatic heterocycles. The zero-order chi connectivity index (χ0) is 15.5. The molecule has 0 bridgehead atoms. The Labute approximate surface area is 159 Å². The molecule has 0 atom stereocenters. The predicted molar refractivity (Wildman–Crippen MR) is 112 cm³/mol. The maximum atomic E-state index is 4.56. The summed E-state index contributed by atoms with van der Waals surface area (Å²) in [6, 6.07) is 0. The molecule has 1 aromatic rings. The maximum absolute atomic E-state index is 4.56. The number of aliphatic imine (C=N–C) groups is 1. The molecular weight excluding hydrogens is 427 g/mol. The largest absolute Gasteiger partial charge is 0.357 e. The normalized spacial score (nSPS) is 11.0. The van der Waals surface area contributed by atoms with Crippen molar-refractivity contribution in [2.45, 2.75) is 27.2 Å². The first-order valence-electron chi connectivity index (χ1n) is 7.31. The Kier molecular flexibility index (Phi) is 13.0. The average molecular weight is 454 g/mol. The van der Waals surface area contributed by atoms with Crippen molar-refractivity contribution >= 4 is 53.0 Å².